The van der Waals surface area contributed by atoms with Crippen LogP contribution in [0.2, 0.25) is 0 Å². The Morgan fingerprint density at radius 3 is 2.48 bits per heavy atom. The number of ether oxygens (including phenoxy) is 2. The number of carbonyl (C=O) groups excluding carboxylic acids is 1. The topological polar surface area (TPSA) is 59.6 Å². The van der Waals surface area contributed by atoms with Gasteiger partial charge in [0.15, 0.2) is 0 Å². The average Bonchev–Trinajstić information content (AvgIpc) is 2.32. The Kier molecular flexibility index (Phi) is 6.34. The molecule has 0 heterocycles. The largest absolute Gasteiger partial charge is 0.444 e. The molecule has 1 fully saturated rings. The van der Waals surface area contributed by atoms with Crippen LogP contribution in [-0.4, -0.2) is 49.0 Å². The molecule has 1 aliphatic rings. The maximum atomic E-state index is 12.7. The number of nitrogens with one attached hydrogen (secondary N) is 2. The summed E-state index contributed by atoms with van der Waals surface area (Å²) in [6.45, 7) is 9.07. The minimum absolute atomic E-state index is 0.170. The van der Waals surface area contributed by atoms with Gasteiger partial charge < -0.3 is 20.1 Å². The summed E-state index contributed by atoms with van der Waals surface area (Å²) < 4.78 is 36.0. The smallest absolute Gasteiger partial charge is 0.407 e. The number of alkyl halides is 2. The van der Waals surface area contributed by atoms with Gasteiger partial charge in [0.2, 0.25) is 0 Å². The summed E-state index contributed by atoms with van der Waals surface area (Å²) in [5.74, 6) is 0. The van der Waals surface area contributed by atoms with E-state index in [2.05, 4.69) is 10.6 Å². The molecule has 1 rings (SSSR count). The van der Waals surface area contributed by atoms with Gasteiger partial charge in [0.1, 0.15) is 5.60 Å². The van der Waals surface area contributed by atoms with E-state index in [1.807, 2.05) is 6.92 Å². The van der Waals surface area contributed by atoms with Gasteiger partial charge in [0.05, 0.1) is 24.2 Å². The van der Waals surface area contributed by atoms with E-state index in [0.29, 0.717) is 13.0 Å². The molecule has 5 nitrogen and oxygen atoms in total. The summed E-state index contributed by atoms with van der Waals surface area (Å²) in [7, 11) is 0. The highest BCUT2D eigenvalue weighted by Gasteiger charge is 2.44. The Morgan fingerprint density at radius 2 is 2.00 bits per heavy atom. The summed E-state index contributed by atoms with van der Waals surface area (Å²) in [6.07, 6.45) is -2.59. The van der Waals surface area contributed by atoms with E-state index < -0.39 is 24.2 Å². The van der Waals surface area contributed by atoms with Crippen LogP contribution < -0.4 is 10.6 Å². The van der Waals surface area contributed by atoms with Gasteiger partial charge in [-0.2, -0.15) is 0 Å². The van der Waals surface area contributed by atoms with Gasteiger partial charge >= 0.3 is 6.09 Å². The highest BCUT2D eigenvalue weighted by Crippen LogP contribution is 2.26. The number of hydrogen-bond acceptors (Lipinski definition) is 4. The predicted octanol–water partition coefficient (Wildman–Crippen LogP) is 2.30. The summed E-state index contributed by atoms with van der Waals surface area (Å²) in [5.41, 5.74) is -0.591. The first-order valence-corrected chi connectivity index (χ1v) is 7.29. The second-order valence-corrected chi connectivity index (χ2v) is 6.30. The molecule has 4 unspecified atom stereocenters. The number of rotatable bonds is 6. The Balaban J connectivity index is 2.54. The first-order valence-electron chi connectivity index (χ1n) is 7.29. The van der Waals surface area contributed by atoms with Crippen LogP contribution in [0.4, 0.5) is 13.6 Å². The fourth-order valence-electron chi connectivity index (χ4n) is 2.20. The zero-order chi connectivity index (χ0) is 16.2. The average molecular weight is 308 g/mol. The molecular weight excluding hydrogens is 282 g/mol. The van der Waals surface area contributed by atoms with Crippen molar-refractivity contribution in [1.29, 1.82) is 0 Å². The molecular formula is C14H26F2N2O3. The molecule has 0 radical (unpaired) electrons. The molecule has 0 aromatic rings. The molecule has 4 atom stereocenters. The van der Waals surface area contributed by atoms with Crippen molar-refractivity contribution in [3.05, 3.63) is 0 Å². The summed E-state index contributed by atoms with van der Waals surface area (Å²) in [6, 6.07) is -1.56. The maximum Gasteiger partial charge on any atom is 0.407 e. The molecule has 2 N–H and O–H groups in total. The maximum absolute atomic E-state index is 12.7. The standard InChI is InChI=1S/C14H26F2N2O3/c1-6-20-10-7-9(11(10)17-8(2)12(15)16)18-13(19)21-14(3,4)5/h8-12,17H,6-7H2,1-5H3,(H,18,19). The first-order chi connectivity index (χ1) is 9.64. The second kappa shape index (κ2) is 7.35. The first kappa shape index (κ1) is 18.1. The lowest BCUT2D eigenvalue weighted by Gasteiger charge is -2.46. The van der Waals surface area contributed by atoms with Crippen molar-refractivity contribution >= 4 is 6.09 Å². The molecule has 0 aromatic carbocycles. The van der Waals surface area contributed by atoms with Crippen molar-refractivity contribution in [2.45, 2.75) is 77.3 Å². The molecule has 1 amide bonds. The van der Waals surface area contributed by atoms with E-state index in [4.69, 9.17) is 9.47 Å². The minimum atomic E-state index is -2.46. The van der Waals surface area contributed by atoms with Crippen LogP contribution in [0.5, 0.6) is 0 Å². The fraction of sp³-hybridized carbons (Fsp3) is 0.929. The normalized spacial score (nSPS) is 27.1. The van der Waals surface area contributed by atoms with Gasteiger partial charge in [-0.1, -0.05) is 0 Å². The van der Waals surface area contributed by atoms with Gasteiger partial charge in [-0.05, 0) is 41.0 Å². The van der Waals surface area contributed by atoms with Gasteiger partial charge in [-0.15, -0.1) is 0 Å². The molecule has 1 saturated carbocycles. The summed E-state index contributed by atoms with van der Waals surface area (Å²) in [5, 5.41) is 5.53. The van der Waals surface area contributed by atoms with Gasteiger partial charge in [0.25, 0.3) is 6.43 Å². The predicted molar refractivity (Wildman–Crippen MR) is 75.6 cm³/mol. The van der Waals surface area contributed by atoms with Gasteiger partial charge in [-0.25, -0.2) is 13.6 Å². The zero-order valence-corrected chi connectivity index (χ0v) is 13.3. The number of alkyl carbamates (subject to hydrolysis) is 1. The van der Waals surface area contributed by atoms with Gasteiger partial charge in [-0.3, -0.25) is 0 Å². The lowest BCUT2D eigenvalue weighted by Crippen LogP contribution is -2.68. The van der Waals surface area contributed by atoms with E-state index in [-0.39, 0.29) is 18.2 Å². The van der Waals surface area contributed by atoms with E-state index in [9.17, 15) is 13.6 Å². The Hall–Kier alpha value is -0.950. The monoisotopic (exact) mass is 308 g/mol. The lowest BCUT2D eigenvalue weighted by molar-refractivity contribution is -0.0528. The van der Waals surface area contributed by atoms with Crippen molar-refractivity contribution in [1.82, 2.24) is 10.6 Å². The quantitative estimate of drug-likeness (QED) is 0.790. The molecule has 21 heavy (non-hydrogen) atoms. The van der Waals surface area contributed by atoms with Crippen LogP contribution >= 0.6 is 0 Å². The highest BCUT2D eigenvalue weighted by molar-refractivity contribution is 5.68. The highest BCUT2D eigenvalue weighted by atomic mass is 19.3. The van der Waals surface area contributed by atoms with Crippen LogP contribution in [-0.2, 0) is 9.47 Å². The molecule has 0 aliphatic heterocycles. The molecule has 0 saturated heterocycles. The summed E-state index contributed by atoms with van der Waals surface area (Å²) in [4.78, 5) is 11.7. The second-order valence-electron chi connectivity index (χ2n) is 6.30. The van der Waals surface area contributed by atoms with E-state index >= 15 is 0 Å². The fourth-order valence-corrected chi connectivity index (χ4v) is 2.20. The lowest BCUT2D eigenvalue weighted by atomic mass is 9.82. The van der Waals surface area contributed by atoms with Crippen molar-refractivity contribution in [2.24, 2.45) is 0 Å². The Labute approximate surface area is 124 Å². The molecule has 7 heteroatoms. The van der Waals surface area contributed by atoms with Crippen LogP contribution in [0.3, 0.4) is 0 Å². The van der Waals surface area contributed by atoms with E-state index in [1.165, 1.54) is 6.92 Å². The van der Waals surface area contributed by atoms with Crippen LogP contribution in [0.15, 0.2) is 0 Å². The summed E-state index contributed by atoms with van der Waals surface area (Å²) >= 11 is 0. The molecule has 0 aromatic heterocycles. The number of hydrogen-bond donors (Lipinski definition) is 2. The third kappa shape index (κ3) is 5.74. The van der Waals surface area contributed by atoms with Crippen LogP contribution in [0, 0.1) is 0 Å². The molecule has 0 bridgehead atoms. The zero-order valence-electron chi connectivity index (χ0n) is 13.3. The van der Waals surface area contributed by atoms with E-state index in [1.54, 1.807) is 20.8 Å². The van der Waals surface area contributed by atoms with Crippen LogP contribution in [0.25, 0.3) is 0 Å². The van der Waals surface area contributed by atoms with Crippen molar-refractivity contribution in [3.63, 3.8) is 0 Å². The number of amides is 1. The third-order valence-corrected chi connectivity index (χ3v) is 3.24. The minimum Gasteiger partial charge on any atom is -0.444 e. The SMILES string of the molecule is CCOC1CC(NC(=O)OC(C)(C)C)C1NC(C)C(F)F. The van der Waals surface area contributed by atoms with Crippen molar-refractivity contribution in [2.75, 3.05) is 6.61 Å². The van der Waals surface area contributed by atoms with Crippen molar-refractivity contribution < 1.29 is 23.0 Å². The Morgan fingerprint density at radius 1 is 1.38 bits per heavy atom. The molecule has 1 aliphatic carbocycles. The van der Waals surface area contributed by atoms with Crippen molar-refractivity contribution in [3.8, 4) is 0 Å². The van der Waals surface area contributed by atoms with E-state index in [0.717, 1.165) is 0 Å². The van der Waals surface area contributed by atoms with Gasteiger partial charge in [0, 0.05) is 6.61 Å². The van der Waals surface area contributed by atoms with Crippen LogP contribution in [0.1, 0.15) is 41.0 Å². The Bertz CT molecular complexity index is 348. The number of carbonyl (C=O) groups is 1. The molecule has 124 valence electrons. The molecule has 0 spiro atoms. The number of halogens is 2. The third-order valence-electron chi connectivity index (χ3n) is 3.24.